The van der Waals surface area contributed by atoms with E-state index in [0.717, 1.165) is 17.6 Å². The van der Waals surface area contributed by atoms with Crippen molar-refractivity contribution in [2.75, 3.05) is 20.8 Å². The normalized spacial score (nSPS) is 43.2. The first-order valence-electron chi connectivity index (χ1n) is 28.7. The molecule has 2 bridgehead atoms. The van der Waals surface area contributed by atoms with E-state index < -0.39 is 89.1 Å². The van der Waals surface area contributed by atoms with Crippen molar-refractivity contribution in [1.82, 2.24) is 0 Å². The molecule has 0 aromatic rings. The van der Waals surface area contributed by atoms with E-state index in [9.17, 15) is 9.90 Å². The molecule has 6 aliphatic heterocycles. The molecule has 7 aliphatic rings. The van der Waals surface area contributed by atoms with E-state index >= 15 is 0 Å². The average molecular weight is 1100 g/mol. The van der Waals surface area contributed by atoms with Crippen LogP contribution in [0.25, 0.3) is 0 Å². The molecule has 20 atom stereocenters. The van der Waals surface area contributed by atoms with Crippen LogP contribution in [0.3, 0.4) is 0 Å². The highest BCUT2D eigenvalue weighted by Crippen LogP contribution is 2.50. The molecule has 6 heterocycles. The summed E-state index contributed by atoms with van der Waals surface area (Å²) in [5.74, 6) is -2.39. The van der Waals surface area contributed by atoms with Gasteiger partial charge in [-0.15, -0.1) is 0 Å². The number of methoxy groups -OCH3 is 2. The van der Waals surface area contributed by atoms with Crippen LogP contribution in [0.1, 0.15) is 135 Å². The van der Waals surface area contributed by atoms with Crippen LogP contribution in [0.15, 0.2) is 59.3 Å². The van der Waals surface area contributed by atoms with Crippen molar-refractivity contribution >= 4 is 22.6 Å². The number of hydrogen-bond acceptors (Lipinski definition) is 14. The van der Waals surface area contributed by atoms with Gasteiger partial charge < -0.3 is 61.3 Å². The Morgan fingerprint density at radius 2 is 1.38 bits per heavy atom. The number of ether oxygens (including phenoxy) is 10. The van der Waals surface area contributed by atoms with E-state index in [1.807, 2.05) is 45.1 Å². The maximum Gasteiger partial charge on any atom is 0.316 e. The number of esters is 1. The minimum atomic E-state index is -2.38. The monoisotopic (exact) mass is 1100 g/mol. The third-order valence-corrected chi connectivity index (χ3v) is 27.8. The van der Waals surface area contributed by atoms with Gasteiger partial charge >= 0.3 is 5.97 Å². The molecule has 1 spiro atoms. The second-order valence-electron chi connectivity index (χ2n) is 26.7. The van der Waals surface area contributed by atoms with Gasteiger partial charge in [0.2, 0.25) is 0 Å². The van der Waals surface area contributed by atoms with Crippen molar-refractivity contribution in [2.45, 2.75) is 269 Å². The van der Waals surface area contributed by atoms with Crippen LogP contribution < -0.4 is 0 Å². The third-order valence-electron chi connectivity index (χ3n) is 18.9. The van der Waals surface area contributed by atoms with Crippen LogP contribution in [-0.4, -0.2) is 146 Å². The molecule has 0 aromatic heterocycles. The van der Waals surface area contributed by atoms with Crippen LogP contribution in [0.2, 0.25) is 36.3 Å². The van der Waals surface area contributed by atoms with E-state index in [4.69, 9.17) is 56.2 Å². The molecule has 432 valence electrons. The lowest BCUT2D eigenvalue weighted by Gasteiger charge is -2.49. The fourth-order valence-electron chi connectivity index (χ4n) is 11.9. The Balaban J connectivity index is 1.18. The zero-order valence-corrected chi connectivity index (χ0v) is 52.1. The number of hydrogen-bond donors (Lipinski definition) is 1. The molecule has 16 heteroatoms. The summed E-state index contributed by atoms with van der Waals surface area (Å²) in [6.45, 7) is 39.1. The topological polar surface area (TPSA) is 148 Å². The predicted octanol–water partition coefficient (Wildman–Crippen LogP) is 11.4. The van der Waals surface area contributed by atoms with Crippen molar-refractivity contribution in [3.05, 3.63) is 59.3 Å². The van der Waals surface area contributed by atoms with Crippen LogP contribution in [-0.2, 0) is 61.0 Å². The van der Waals surface area contributed by atoms with Crippen molar-refractivity contribution in [3.8, 4) is 0 Å². The summed E-state index contributed by atoms with van der Waals surface area (Å²) >= 11 is 0. The molecular weight excluding hydrogens is 1000 g/mol. The van der Waals surface area contributed by atoms with E-state index in [1.165, 1.54) is 0 Å². The maximum absolute atomic E-state index is 14.9. The van der Waals surface area contributed by atoms with Gasteiger partial charge in [-0.1, -0.05) is 112 Å². The van der Waals surface area contributed by atoms with Crippen molar-refractivity contribution < 1.29 is 66.1 Å². The lowest BCUT2D eigenvalue weighted by molar-refractivity contribution is -0.317. The van der Waals surface area contributed by atoms with Crippen molar-refractivity contribution in [2.24, 2.45) is 23.7 Å². The van der Waals surface area contributed by atoms with E-state index in [2.05, 4.69) is 121 Å². The molecule has 0 amide bonds. The number of rotatable bonds is 12. The minimum absolute atomic E-state index is 0.0368. The highest BCUT2D eigenvalue weighted by atomic mass is 28.4. The molecule has 1 N–H and O–H groups in total. The maximum atomic E-state index is 14.9. The van der Waals surface area contributed by atoms with Crippen LogP contribution >= 0.6 is 0 Å². The number of fused-ring (bicyclic) bond motifs is 2. The first-order chi connectivity index (χ1) is 35.4. The molecule has 14 nitrogen and oxygen atoms in total. The van der Waals surface area contributed by atoms with Gasteiger partial charge in [-0.2, -0.15) is 0 Å². The second-order valence-corrected chi connectivity index (χ2v) is 36.2. The van der Waals surface area contributed by atoms with E-state index in [0.29, 0.717) is 37.7 Å². The van der Waals surface area contributed by atoms with Gasteiger partial charge in [0.15, 0.2) is 35.0 Å². The Bertz CT molecular complexity index is 2160. The Morgan fingerprint density at radius 3 is 2.00 bits per heavy atom. The fourth-order valence-corrected chi connectivity index (χ4v) is 14.5. The highest BCUT2D eigenvalue weighted by molar-refractivity contribution is 6.74. The van der Waals surface area contributed by atoms with Crippen LogP contribution in [0.5, 0.6) is 0 Å². The highest BCUT2D eigenvalue weighted by Gasteiger charge is 2.62. The Kier molecular flexibility index (Phi) is 19.4. The molecule has 0 unspecified atom stereocenters. The predicted molar refractivity (Wildman–Crippen MR) is 299 cm³/mol. The standard InChI is InChI=1S/C60H100O14Si2/c1-21-35(2)51-38(5)27-28-59(72-51)33-44-30-43(71-59)26-25-37(4)50(36(3)23-22-24-42-34-65-55-52(73-75(17,18)57(9,10)11)39(6)29-45(56(61)68-44)60(42,55)62)69-48-31-46(63-15)53(40(7)66-48)70-49-32-47(64-16)54(41(8)67-49)74-76(19,20)58(12,13)14/h22-25,27-29,35-36,38,40-41,43-55,62H,21,26,30-34H2,1-20H3/b23-22+,37-25+,42-24+/t35-,36-,38-,40-,41-,43+,44-,45-,46-,47-,48-,49-,50+,51+,52+,53-,54-,55+,59+,60+/m0/s1. The largest absolute Gasteiger partial charge is 0.462 e. The molecule has 4 fully saturated rings. The summed E-state index contributed by atoms with van der Waals surface area (Å²) in [6.07, 6.45) is 11.4. The SMILES string of the molecule is CC[C@H](C)[C@H]1O[C@]2(C=C[C@@H]1C)C[C@@H]1C[C@@H](C/C=C(\C)[C@H](O[C@H]3C[C@H](OC)[C@@H](O[C@H]4C[C@H](OC)[C@@H](O[Si](C)(C)C(C)(C)C)[C@H](C)O4)[C@H](C)O3)[C@@H](C)/C=C/C=C3\CO[C@@H]4[C@H](O[Si](C)(C)C(C)(C)C)C(C)=C[C@@H](C(=O)O1)[C@]34O)O2. The summed E-state index contributed by atoms with van der Waals surface area (Å²) in [4.78, 5) is 14.9. The molecule has 7 rings (SSSR count). The van der Waals surface area contributed by atoms with Crippen molar-refractivity contribution in [1.29, 1.82) is 0 Å². The zero-order valence-electron chi connectivity index (χ0n) is 50.1. The summed E-state index contributed by atoms with van der Waals surface area (Å²) in [5.41, 5.74) is 0.681. The minimum Gasteiger partial charge on any atom is -0.462 e. The van der Waals surface area contributed by atoms with E-state index in [-0.39, 0.29) is 71.1 Å². The van der Waals surface area contributed by atoms with Crippen LogP contribution in [0.4, 0.5) is 0 Å². The smallest absolute Gasteiger partial charge is 0.316 e. The van der Waals surface area contributed by atoms with Gasteiger partial charge in [-0.25, -0.2) is 0 Å². The quantitative estimate of drug-likeness (QED) is 0.112. The molecular formula is C60H100O14Si2. The van der Waals surface area contributed by atoms with E-state index in [1.54, 1.807) is 14.2 Å². The van der Waals surface area contributed by atoms with Gasteiger partial charge in [0.1, 0.15) is 29.8 Å². The van der Waals surface area contributed by atoms with Gasteiger partial charge in [0.05, 0.1) is 61.5 Å². The average Bonchev–Trinajstić information content (AvgIpc) is 3.67. The summed E-state index contributed by atoms with van der Waals surface area (Å²) in [6, 6.07) is 0. The lowest BCUT2D eigenvalue weighted by Crippen LogP contribution is -2.60. The third kappa shape index (κ3) is 13.1. The number of carbonyl (C=O) groups is 1. The second kappa shape index (κ2) is 23.9. The molecule has 0 aromatic carbocycles. The fraction of sp³-hybridized carbons (Fsp3) is 0.817. The number of carbonyl (C=O) groups excluding carboxylic acids is 1. The van der Waals surface area contributed by atoms with Gasteiger partial charge in [0, 0.05) is 51.7 Å². The first-order valence-corrected chi connectivity index (χ1v) is 34.5. The molecule has 4 saturated heterocycles. The first kappa shape index (κ1) is 61.7. The zero-order chi connectivity index (χ0) is 56.1. The van der Waals surface area contributed by atoms with Crippen LogP contribution in [0, 0.1) is 23.7 Å². The van der Waals surface area contributed by atoms with Crippen molar-refractivity contribution in [3.63, 3.8) is 0 Å². The van der Waals surface area contributed by atoms with Gasteiger partial charge in [-0.3, -0.25) is 4.79 Å². The number of aliphatic hydroxyl groups is 1. The Morgan fingerprint density at radius 1 is 0.776 bits per heavy atom. The summed E-state index contributed by atoms with van der Waals surface area (Å²) in [7, 11) is -1.06. The van der Waals surface area contributed by atoms with Gasteiger partial charge in [0.25, 0.3) is 0 Å². The summed E-state index contributed by atoms with van der Waals surface area (Å²) in [5, 5.41) is 13.2. The summed E-state index contributed by atoms with van der Waals surface area (Å²) < 4.78 is 80.6. The van der Waals surface area contributed by atoms with Gasteiger partial charge in [-0.05, 0) is 99.1 Å². The molecule has 0 radical (unpaired) electrons. The molecule has 1 aliphatic carbocycles. The Labute approximate surface area is 459 Å². The molecule has 76 heavy (non-hydrogen) atoms. The number of allylic oxidation sites excluding steroid dienone is 2. The lowest BCUT2D eigenvalue weighted by atomic mass is 9.71. The molecule has 0 saturated carbocycles. The Hall–Kier alpha value is -1.88.